The van der Waals surface area contributed by atoms with E-state index in [1.807, 2.05) is 31.2 Å². The Balaban J connectivity index is 1.62. The van der Waals surface area contributed by atoms with E-state index in [0.717, 1.165) is 11.4 Å². The number of hydrogen-bond acceptors (Lipinski definition) is 4. The Morgan fingerprint density at radius 2 is 1.69 bits per heavy atom. The number of carbonyl (C=O) groups is 1. The first kappa shape index (κ1) is 17.4. The number of rotatable bonds is 6. The molecule has 0 radical (unpaired) electrons. The molecule has 0 aliphatic heterocycles. The van der Waals surface area contributed by atoms with Crippen molar-refractivity contribution in [1.82, 2.24) is 4.98 Å². The largest absolute Gasteiger partial charge is 0.494 e. The number of aromatic nitrogens is 1. The number of hydrogen-bond donors (Lipinski definition) is 2. The third-order valence-electron chi connectivity index (χ3n) is 3.57. The Kier molecular flexibility index (Phi) is 5.43. The molecule has 1 heterocycles. The van der Waals surface area contributed by atoms with Gasteiger partial charge in [0.2, 0.25) is 0 Å². The molecule has 0 fully saturated rings. The van der Waals surface area contributed by atoms with Gasteiger partial charge in [-0.15, -0.1) is 0 Å². The zero-order valence-electron chi connectivity index (χ0n) is 14.2. The minimum atomic E-state index is -0.352. The zero-order chi connectivity index (χ0) is 18.4. The van der Waals surface area contributed by atoms with Crippen LogP contribution in [0.15, 0.2) is 66.9 Å². The molecule has 0 atom stereocenters. The fourth-order valence-electron chi connectivity index (χ4n) is 2.29. The smallest absolute Gasteiger partial charge is 0.257 e. The third-order valence-corrected chi connectivity index (χ3v) is 3.57. The average molecular weight is 351 g/mol. The summed E-state index contributed by atoms with van der Waals surface area (Å²) in [4.78, 5) is 16.4. The van der Waals surface area contributed by atoms with Gasteiger partial charge in [0, 0.05) is 17.6 Å². The van der Waals surface area contributed by atoms with Gasteiger partial charge in [-0.1, -0.05) is 0 Å². The van der Waals surface area contributed by atoms with E-state index >= 15 is 0 Å². The van der Waals surface area contributed by atoms with Gasteiger partial charge in [0.25, 0.3) is 5.91 Å². The van der Waals surface area contributed by atoms with Gasteiger partial charge in [0.05, 0.1) is 12.2 Å². The molecular weight excluding hydrogens is 333 g/mol. The van der Waals surface area contributed by atoms with Gasteiger partial charge in [-0.05, 0) is 67.6 Å². The molecule has 26 heavy (non-hydrogen) atoms. The van der Waals surface area contributed by atoms with Crippen LogP contribution in [0, 0.1) is 5.82 Å². The van der Waals surface area contributed by atoms with E-state index in [1.54, 1.807) is 12.1 Å². The maximum Gasteiger partial charge on any atom is 0.257 e. The van der Waals surface area contributed by atoms with Crippen LogP contribution in [0.1, 0.15) is 17.3 Å². The van der Waals surface area contributed by atoms with Gasteiger partial charge < -0.3 is 15.4 Å². The highest BCUT2D eigenvalue weighted by atomic mass is 19.1. The number of amides is 1. The first-order valence-electron chi connectivity index (χ1n) is 8.17. The van der Waals surface area contributed by atoms with Crippen molar-refractivity contribution >= 4 is 23.1 Å². The topological polar surface area (TPSA) is 63.2 Å². The van der Waals surface area contributed by atoms with Crippen molar-refractivity contribution in [2.24, 2.45) is 0 Å². The monoisotopic (exact) mass is 351 g/mol. The average Bonchev–Trinajstić information content (AvgIpc) is 2.66. The van der Waals surface area contributed by atoms with E-state index in [9.17, 15) is 9.18 Å². The molecule has 0 aliphatic rings. The van der Waals surface area contributed by atoms with Gasteiger partial charge >= 0.3 is 0 Å². The molecule has 6 heteroatoms. The van der Waals surface area contributed by atoms with Crippen LogP contribution in [0.25, 0.3) is 0 Å². The second-order valence-corrected chi connectivity index (χ2v) is 5.48. The van der Waals surface area contributed by atoms with Crippen molar-refractivity contribution in [3.63, 3.8) is 0 Å². The molecule has 0 saturated heterocycles. The van der Waals surface area contributed by atoms with E-state index in [-0.39, 0.29) is 11.7 Å². The van der Waals surface area contributed by atoms with Crippen molar-refractivity contribution < 1.29 is 13.9 Å². The number of nitrogens with zero attached hydrogens (tertiary/aromatic N) is 1. The normalized spacial score (nSPS) is 10.2. The second kappa shape index (κ2) is 8.11. The van der Waals surface area contributed by atoms with Gasteiger partial charge in [-0.3, -0.25) is 4.79 Å². The summed E-state index contributed by atoms with van der Waals surface area (Å²) in [5.74, 6) is 0.762. The maximum absolute atomic E-state index is 12.9. The van der Waals surface area contributed by atoms with E-state index in [1.165, 1.54) is 30.5 Å². The number of pyridine rings is 1. The molecule has 0 spiro atoms. The van der Waals surface area contributed by atoms with E-state index < -0.39 is 0 Å². The van der Waals surface area contributed by atoms with Crippen LogP contribution in [-0.4, -0.2) is 17.5 Å². The van der Waals surface area contributed by atoms with Crippen molar-refractivity contribution in [3.05, 3.63) is 78.2 Å². The summed E-state index contributed by atoms with van der Waals surface area (Å²) in [5.41, 5.74) is 1.80. The van der Waals surface area contributed by atoms with Crippen molar-refractivity contribution in [2.75, 3.05) is 17.2 Å². The maximum atomic E-state index is 12.9. The standard InChI is InChI=1S/C20H18FN3O2/c1-2-26-18-10-8-16(9-11-18)23-19-12-3-14(13-22-19)20(25)24-17-6-4-15(21)5-7-17/h3-13H,2H2,1H3,(H,22,23)(H,24,25). The molecule has 132 valence electrons. The number of nitrogens with one attached hydrogen (secondary N) is 2. The van der Waals surface area contributed by atoms with Gasteiger partial charge in [0.1, 0.15) is 17.4 Å². The van der Waals surface area contributed by atoms with E-state index in [0.29, 0.717) is 23.7 Å². The molecule has 3 rings (SSSR count). The molecule has 3 aromatic rings. The Morgan fingerprint density at radius 3 is 2.31 bits per heavy atom. The quantitative estimate of drug-likeness (QED) is 0.680. The SMILES string of the molecule is CCOc1ccc(Nc2ccc(C(=O)Nc3ccc(F)cc3)cn2)cc1. The molecule has 2 N–H and O–H groups in total. The number of carbonyl (C=O) groups excluding carboxylic acids is 1. The minimum Gasteiger partial charge on any atom is -0.494 e. The van der Waals surface area contributed by atoms with Crippen LogP contribution < -0.4 is 15.4 Å². The number of anilines is 3. The summed E-state index contributed by atoms with van der Waals surface area (Å²) in [6, 6.07) is 16.5. The Bertz CT molecular complexity index is 863. The molecule has 5 nitrogen and oxygen atoms in total. The molecule has 1 amide bonds. The van der Waals surface area contributed by atoms with Crippen molar-refractivity contribution in [2.45, 2.75) is 6.92 Å². The fourth-order valence-corrected chi connectivity index (χ4v) is 2.29. The zero-order valence-corrected chi connectivity index (χ0v) is 14.2. The Morgan fingerprint density at radius 1 is 1.00 bits per heavy atom. The van der Waals surface area contributed by atoms with Gasteiger partial charge in [-0.25, -0.2) is 9.37 Å². The van der Waals surface area contributed by atoms with E-state index in [4.69, 9.17) is 4.74 Å². The minimum absolute atomic E-state index is 0.309. The molecule has 0 unspecified atom stereocenters. The molecule has 0 bridgehead atoms. The first-order chi connectivity index (χ1) is 12.6. The fraction of sp³-hybridized carbons (Fsp3) is 0.100. The summed E-state index contributed by atoms with van der Waals surface area (Å²) in [6.07, 6.45) is 1.48. The van der Waals surface area contributed by atoms with Crippen LogP contribution in [0.4, 0.5) is 21.6 Å². The van der Waals surface area contributed by atoms with Crippen LogP contribution in [0.3, 0.4) is 0 Å². The van der Waals surface area contributed by atoms with Crippen LogP contribution in [-0.2, 0) is 0 Å². The Hall–Kier alpha value is -3.41. The van der Waals surface area contributed by atoms with Crippen LogP contribution in [0.5, 0.6) is 5.75 Å². The molecule has 1 aromatic heterocycles. The number of ether oxygens (including phenoxy) is 1. The van der Waals surface area contributed by atoms with E-state index in [2.05, 4.69) is 15.6 Å². The lowest BCUT2D eigenvalue weighted by Gasteiger charge is -2.08. The summed E-state index contributed by atoms with van der Waals surface area (Å²) >= 11 is 0. The van der Waals surface area contributed by atoms with Crippen molar-refractivity contribution in [3.8, 4) is 5.75 Å². The molecule has 0 aliphatic carbocycles. The second-order valence-electron chi connectivity index (χ2n) is 5.48. The highest BCUT2D eigenvalue weighted by Crippen LogP contribution is 2.19. The van der Waals surface area contributed by atoms with Gasteiger partial charge in [0.15, 0.2) is 0 Å². The predicted octanol–water partition coefficient (Wildman–Crippen LogP) is 4.62. The van der Waals surface area contributed by atoms with Crippen LogP contribution in [0.2, 0.25) is 0 Å². The van der Waals surface area contributed by atoms with Crippen LogP contribution >= 0.6 is 0 Å². The number of halogens is 1. The lowest BCUT2D eigenvalue weighted by Crippen LogP contribution is -2.12. The lowest BCUT2D eigenvalue weighted by atomic mass is 10.2. The summed E-state index contributed by atoms with van der Waals surface area (Å²) in [6.45, 7) is 2.56. The number of benzene rings is 2. The van der Waals surface area contributed by atoms with Crippen molar-refractivity contribution in [1.29, 1.82) is 0 Å². The summed E-state index contributed by atoms with van der Waals surface area (Å²) in [5, 5.41) is 5.85. The third kappa shape index (κ3) is 4.57. The molecular formula is C20H18FN3O2. The highest BCUT2D eigenvalue weighted by Gasteiger charge is 2.07. The predicted molar refractivity (Wildman–Crippen MR) is 99.5 cm³/mol. The summed E-state index contributed by atoms with van der Waals surface area (Å²) in [7, 11) is 0. The Labute approximate surface area is 150 Å². The van der Waals surface area contributed by atoms with Gasteiger partial charge in [-0.2, -0.15) is 0 Å². The highest BCUT2D eigenvalue weighted by molar-refractivity contribution is 6.04. The summed E-state index contributed by atoms with van der Waals surface area (Å²) < 4.78 is 18.3. The first-order valence-corrected chi connectivity index (χ1v) is 8.17. The molecule has 0 saturated carbocycles. The lowest BCUT2D eigenvalue weighted by molar-refractivity contribution is 0.102. The molecule has 2 aromatic carbocycles.